The van der Waals surface area contributed by atoms with Gasteiger partial charge in [-0.25, -0.2) is 4.39 Å². The van der Waals surface area contributed by atoms with E-state index >= 15 is 0 Å². The molecule has 0 aliphatic rings. The Labute approximate surface area is 119 Å². The van der Waals surface area contributed by atoms with E-state index in [1.165, 1.54) is 23.8 Å². The van der Waals surface area contributed by atoms with Gasteiger partial charge in [-0.3, -0.25) is 14.2 Å². The minimum Gasteiger partial charge on any atom is -0.496 e. The van der Waals surface area contributed by atoms with Crippen LogP contribution in [0.4, 0.5) is 4.39 Å². The van der Waals surface area contributed by atoms with Crippen LogP contribution < -0.4 is 9.61 Å². The highest BCUT2D eigenvalue weighted by Gasteiger charge is 2.17. The predicted molar refractivity (Wildman–Crippen MR) is 75.3 cm³/mol. The molecule has 6 heteroatoms. The van der Waals surface area contributed by atoms with Crippen molar-refractivity contribution >= 4 is 17.1 Å². The Kier molecular flexibility index (Phi) is 4.04. The van der Waals surface area contributed by atoms with E-state index in [1.807, 2.05) is 6.92 Å². The van der Waals surface area contributed by atoms with Crippen molar-refractivity contribution in [2.45, 2.75) is 20.4 Å². The van der Waals surface area contributed by atoms with Crippen LogP contribution in [-0.4, -0.2) is 17.5 Å². The lowest BCUT2D eigenvalue weighted by molar-refractivity contribution is 0.0967. The Morgan fingerprint density at radius 2 is 2.10 bits per heavy atom. The molecule has 1 aromatic carbocycles. The molecule has 1 aromatic heterocycles. The average molecular weight is 295 g/mol. The maximum atomic E-state index is 13.3. The van der Waals surface area contributed by atoms with Gasteiger partial charge in [0.25, 0.3) is 0 Å². The van der Waals surface area contributed by atoms with Crippen molar-refractivity contribution in [2.24, 2.45) is 0 Å². The van der Waals surface area contributed by atoms with E-state index in [9.17, 15) is 14.0 Å². The first-order chi connectivity index (χ1) is 9.43. The number of aryl methyl sites for hydroxylation is 1. The van der Waals surface area contributed by atoms with E-state index in [2.05, 4.69) is 0 Å². The summed E-state index contributed by atoms with van der Waals surface area (Å²) in [6.45, 7) is 3.49. The second-order valence-corrected chi connectivity index (χ2v) is 5.53. The zero-order valence-corrected chi connectivity index (χ0v) is 12.2. The molecule has 0 bridgehead atoms. The number of hydrogen-bond donors (Lipinski definition) is 0. The van der Waals surface area contributed by atoms with Gasteiger partial charge >= 0.3 is 4.87 Å². The zero-order chi connectivity index (χ0) is 14.9. The molecule has 0 atom stereocenters. The molecule has 2 rings (SSSR count). The number of Topliss-reactive ketones (excluding diaryl/α,β-unsaturated/α-hetero) is 1. The van der Waals surface area contributed by atoms with Crippen LogP contribution in [0.2, 0.25) is 0 Å². The van der Waals surface area contributed by atoms with Crippen molar-refractivity contribution in [1.82, 2.24) is 4.57 Å². The van der Waals surface area contributed by atoms with Gasteiger partial charge in [0.1, 0.15) is 11.6 Å². The standard InChI is InChI=1S/C14H14FNO3S/c1-8-9(2)20-14(18)16(8)7-12(17)11-6-10(15)4-5-13(11)19-3/h4-6H,7H2,1-3H3. The number of methoxy groups -OCH3 is 1. The lowest BCUT2D eigenvalue weighted by Gasteiger charge is -2.09. The highest BCUT2D eigenvalue weighted by molar-refractivity contribution is 7.09. The monoisotopic (exact) mass is 295 g/mol. The average Bonchev–Trinajstić information content (AvgIpc) is 2.65. The molecule has 0 radical (unpaired) electrons. The molecule has 106 valence electrons. The van der Waals surface area contributed by atoms with E-state index in [-0.39, 0.29) is 22.8 Å². The minimum absolute atomic E-state index is 0.116. The third-order valence-corrected chi connectivity index (χ3v) is 4.14. The highest BCUT2D eigenvalue weighted by Crippen LogP contribution is 2.21. The van der Waals surface area contributed by atoms with E-state index in [0.29, 0.717) is 5.75 Å². The first-order valence-corrected chi connectivity index (χ1v) is 6.79. The molecule has 1 heterocycles. The summed E-state index contributed by atoms with van der Waals surface area (Å²) in [4.78, 5) is 24.7. The fraction of sp³-hybridized carbons (Fsp3) is 0.286. The lowest BCUT2D eigenvalue weighted by atomic mass is 10.1. The van der Waals surface area contributed by atoms with Gasteiger partial charge in [-0.15, -0.1) is 0 Å². The summed E-state index contributed by atoms with van der Waals surface area (Å²) in [6, 6.07) is 3.75. The fourth-order valence-corrected chi connectivity index (χ4v) is 2.73. The first-order valence-electron chi connectivity index (χ1n) is 5.97. The number of benzene rings is 1. The van der Waals surface area contributed by atoms with Crippen LogP contribution in [0.25, 0.3) is 0 Å². The zero-order valence-electron chi connectivity index (χ0n) is 11.4. The number of ketones is 1. The highest BCUT2D eigenvalue weighted by atomic mass is 32.1. The number of aromatic nitrogens is 1. The predicted octanol–water partition coefficient (Wildman–Crippen LogP) is 2.56. The molecule has 0 saturated carbocycles. The van der Waals surface area contributed by atoms with E-state index < -0.39 is 5.82 Å². The summed E-state index contributed by atoms with van der Waals surface area (Å²) in [6.07, 6.45) is 0. The number of carbonyl (C=O) groups excluding carboxylic acids is 1. The Balaban J connectivity index is 2.38. The topological polar surface area (TPSA) is 48.3 Å². The van der Waals surface area contributed by atoms with Crippen LogP contribution in [0.3, 0.4) is 0 Å². The summed E-state index contributed by atoms with van der Waals surface area (Å²) < 4.78 is 19.7. The van der Waals surface area contributed by atoms with Crippen LogP contribution in [0, 0.1) is 19.7 Å². The summed E-state index contributed by atoms with van der Waals surface area (Å²) in [5.41, 5.74) is 0.895. The van der Waals surface area contributed by atoms with Crippen LogP contribution >= 0.6 is 11.3 Å². The van der Waals surface area contributed by atoms with Gasteiger partial charge in [0, 0.05) is 10.6 Å². The molecule has 0 N–H and O–H groups in total. The number of halogens is 1. The minimum atomic E-state index is -0.514. The van der Waals surface area contributed by atoms with Crippen LogP contribution in [0.1, 0.15) is 20.9 Å². The van der Waals surface area contributed by atoms with Gasteiger partial charge in [-0.05, 0) is 32.0 Å². The molecule has 4 nitrogen and oxygen atoms in total. The molecule has 0 amide bonds. The van der Waals surface area contributed by atoms with Gasteiger partial charge in [0.05, 0.1) is 19.2 Å². The Morgan fingerprint density at radius 3 is 2.65 bits per heavy atom. The molecule has 2 aromatic rings. The molecule has 0 spiro atoms. The van der Waals surface area contributed by atoms with Crippen LogP contribution in [0.15, 0.2) is 23.0 Å². The number of ether oxygens (including phenoxy) is 1. The SMILES string of the molecule is COc1ccc(F)cc1C(=O)Cn1c(C)c(C)sc1=O. The Bertz CT molecular complexity index is 718. The van der Waals surface area contributed by atoms with Crippen LogP contribution in [-0.2, 0) is 6.54 Å². The molecular weight excluding hydrogens is 281 g/mol. The largest absolute Gasteiger partial charge is 0.496 e. The maximum absolute atomic E-state index is 13.3. The summed E-state index contributed by atoms with van der Waals surface area (Å²) in [5.74, 6) is -0.571. The van der Waals surface area contributed by atoms with Crippen molar-refractivity contribution in [2.75, 3.05) is 7.11 Å². The van der Waals surface area contributed by atoms with Gasteiger partial charge in [0.15, 0.2) is 5.78 Å². The number of carbonyl (C=O) groups is 1. The van der Waals surface area contributed by atoms with Gasteiger partial charge < -0.3 is 4.74 Å². The third kappa shape index (κ3) is 2.65. The number of hydrogen-bond acceptors (Lipinski definition) is 4. The molecule has 0 saturated heterocycles. The van der Waals surface area contributed by atoms with E-state index in [4.69, 9.17) is 4.74 Å². The molecule has 20 heavy (non-hydrogen) atoms. The smallest absolute Gasteiger partial charge is 0.307 e. The van der Waals surface area contributed by atoms with Gasteiger partial charge in [-0.2, -0.15) is 0 Å². The quantitative estimate of drug-likeness (QED) is 0.814. The van der Waals surface area contributed by atoms with E-state index in [1.54, 1.807) is 6.92 Å². The van der Waals surface area contributed by atoms with Crippen molar-refractivity contribution in [3.8, 4) is 5.75 Å². The summed E-state index contributed by atoms with van der Waals surface area (Å²) in [5, 5.41) is 0. The first kappa shape index (κ1) is 14.5. The molecule has 0 aliphatic heterocycles. The van der Waals surface area contributed by atoms with E-state index in [0.717, 1.165) is 28.0 Å². The Hall–Kier alpha value is -1.95. The van der Waals surface area contributed by atoms with Crippen molar-refractivity contribution in [3.05, 3.63) is 49.8 Å². The van der Waals surface area contributed by atoms with Crippen molar-refractivity contribution in [3.63, 3.8) is 0 Å². The molecular formula is C14H14FNO3S. The third-order valence-electron chi connectivity index (χ3n) is 3.14. The molecule has 0 aliphatic carbocycles. The van der Waals surface area contributed by atoms with Crippen molar-refractivity contribution < 1.29 is 13.9 Å². The number of thiazole rings is 1. The Morgan fingerprint density at radius 1 is 1.40 bits per heavy atom. The molecule has 0 fully saturated rings. The van der Waals surface area contributed by atoms with Crippen molar-refractivity contribution in [1.29, 1.82) is 0 Å². The summed E-state index contributed by atoms with van der Waals surface area (Å²) >= 11 is 1.10. The number of rotatable bonds is 4. The lowest BCUT2D eigenvalue weighted by Crippen LogP contribution is -2.21. The number of nitrogens with zero attached hydrogens (tertiary/aromatic N) is 1. The van der Waals surface area contributed by atoms with Crippen LogP contribution in [0.5, 0.6) is 5.75 Å². The fourth-order valence-electron chi connectivity index (χ4n) is 1.90. The molecule has 0 unspecified atom stereocenters. The maximum Gasteiger partial charge on any atom is 0.307 e. The summed E-state index contributed by atoms with van der Waals surface area (Å²) in [7, 11) is 1.41. The second-order valence-electron chi connectivity index (χ2n) is 4.36. The van der Waals surface area contributed by atoms with Gasteiger partial charge in [0.2, 0.25) is 0 Å². The van der Waals surface area contributed by atoms with Gasteiger partial charge in [-0.1, -0.05) is 11.3 Å². The normalized spacial score (nSPS) is 10.6. The second kappa shape index (κ2) is 5.58.